The van der Waals surface area contributed by atoms with Crippen molar-refractivity contribution in [2.45, 2.75) is 43.9 Å². The summed E-state index contributed by atoms with van der Waals surface area (Å²) < 4.78 is 38.8. The Balaban J connectivity index is 0.00000512. The van der Waals surface area contributed by atoms with Gasteiger partial charge in [0.1, 0.15) is 16.7 Å². The minimum Gasteiger partial charge on any atom is -0.370 e. The van der Waals surface area contributed by atoms with Gasteiger partial charge in [0.05, 0.1) is 11.6 Å². The molecule has 1 aromatic heterocycles. The summed E-state index contributed by atoms with van der Waals surface area (Å²) in [5.74, 6) is -1.31. The van der Waals surface area contributed by atoms with Crippen molar-refractivity contribution in [3.8, 4) is 6.07 Å². The highest BCUT2D eigenvalue weighted by Gasteiger charge is 2.31. The van der Waals surface area contributed by atoms with Crippen LogP contribution in [0.2, 0.25) is 0 Å². The molecule has 0 aliphatic rings. The summed E-state index contributed by atoms with van der Waals surface area (Å²) in [6.45, 7) is 0. The number of amides is 1. The first kappa shape index (κ1) is 26.7. The normalized spacial score (nSPS) is 11.7. The lowest BCUT2D eigenvalue weighted by atomic mass is 9.98. The van der Waals surface area contributed by atoms with E-state index in [0.29, 0.717) is 0 Å². The molecule has 0 saturated heterocycles. The Morgan fingerprint density at radius 1 is 1.31 bits per heavy atom. The molecule has 5 N–H and O–H groups in total. The van der Waals surface area contributed by atoms with Crippen molar-refractivity contribution in [1.29, 1.82) is 5.26 Å². The van der Waals surface area contributed by atoms with Gasteiger partial charge in [-0.05, 0) is 24.3 Å². The van der Waals surface area contributed by atoms with Gasteiger partial charge in [0.2, 0.25) is 11.9 Å². The van der Waals surface area contributed by atoms with Crippen molar-refractivity contribution in [3.63, 3.8) is 0 Å². The second-order valence-corrected chi connectivity index (χ2v) is 7.26. The molecule has 0 spiro atoms. The summed E-state index contributed by atoms with van der Waals surface area (Å²) in [5.41, 5.74) is 10.2. The molecule has 0 fully saturated rings. The molecule has 1 heterocycles. The minimum atomic E-state index is -4.54. The monoisotopic (exact) mass is 468 g/mol. The number of nitrogens with two attached hydrogens (primary N) is 2. The number of benzene rings is 1. The van der Waals surface area contributed by atoms with E-state index in [2.05, 4.69) is 15.3 Å². The third-order valence-corrected chi connectivity index (χ3v) is 4.89. The number of rotatable bonds is 9. The van der Waals surface area contributed by atoms with E-state index in [1.165, 1.54) is 12.1 Å². The summed E-state index contributed by atoms with van der Waals surface area (Å²) in [4.78, 5) is 32.0. The number of hydrogen-bond donors (Lipinski definition) is 3. The van der Waals surface area contributed by atoms with Crippen LogP contribution in [0.15, 0.2) is 29.3 Å². The summed E-state index contributed by atoms with van der Waals surface area (Å²) >= 11 is 1.15. The maximum Gasteiger partial charge on any atom is 0.416 e. The number of carbonyl (C=O) groups is 2. The van der Waals surface area contributed by atoms with Gasteiger partial charge in [0.25, 0.3) is 0 Å². The second-order valence-electron chi connectivity index (χ2n) is 6.47. The highest BCUT2D eigenvalue weighted by atomic mass is 32.2. The number of hydrogen-bond acceptors (Lipinski definition) is 8. The lowest BCUT2D eigenvalue weighted by Gasteiger charge is -2.19. The number of nitrogens with zero attached hydrogens (tertiary/aromatic N) is 3. The predicted molar refractivity (Wildman–Crippen MR) is 116 cm³/mol. The van der Waals surface area contributed by atoms with E-state index in [1.54, 1.807) is 6.26 Å². The number of primary amides is 1. The Kier molecular flexibility index (Phi) is 9.46. The number of nitrogens with one attached hydrogen (secondary N) is 1. The van der Waals surface area contributed by atoms with E-state index in [1.807, 2.05) is 6.07 Å². The average molecular weight is 469 g/mol. The summed E-state index contributed by atoms with van der Waals surface area (Å²) in [5, 5.41) is 12.5. The largest absolute Gasteiger partial charge is 0.416 e. The maximum atomic E-state index is 12.9. The van der Waals surface area contributed by atoms with Crippen LogP contribution in [-0.2, 0) is 22.2 Å². The Bertz CT molecular complexity index is 1020. The fraction of sp³-hybridized carbons (Fsp3) is 0.350. The molecule has 0 unspecified atom stereocenters. The first-order valence-electron chi connectivity index (χ1n) is 8.90. The third-order valence-electron chi connectivity index (χ3n) is 4.21. The highest BCUT2D eigenvalue weighted by Crippen LogP contribution is 2.30. The summed E-state index contributed by atoms with van der Waals surface area (Å²) in [6, 6.07) is 5.29. The van der Waals surface area contributed by atoms with Gasteiger partial charge in [-0.15, -0.1) is 11.8 Å². The van der Waals surface area contributed by atoms with E-state index in [0.717, 1.165) is 23.9 Å². The molecule has 32 heavy (non-hydrogen) atoms. The number of aromatic nitrogens is 2. The molecule has 0 aliphatic heterocycles. The molecule has 0 radical (unpaired) electrons. The molecule has 0 bridgehead atoms. The molecule has 0 aliphatic carbocycles. The number of carbonyl (C=O) groups excluding carboxylic acids is 2. The van der Waals surface area contributed by atoms with Gasteiger partial charge >= 0.3 is 6.18 Å². The first-order chi connectivity index (χ1) is 14.5. The van der Waals surface area contributed by atoms with E-state index >= 15 is 0 Å². The van der Waals surface area contributed by atoms with Gasteiger partial charge in [-0.2, -0.15) is 23.4 Å². The fourth-order valence-electron chi connectivity index (χ4n) is 2.76. The highest BCUT2D eigenvalue weighted by molar-refractivity contribution is 7.98. The Morgan fingerprint density at radius 3 is 2.56 bits per heavy atom. The zero-order valence-electron chi connectivity index (χ0n) is 16.4. The van der Waals surface area contributed by atoms with Crippen LogP contribution in [0, 0.1) is 11.3 Å². The number of alkyl halides is 3. The van der Waals surface area contributed by atoms with E-state index in [-0.39, 0.29) is 54.6 Å². The van der Waals surface area contributed by atoms with Gasteiger partial charge in [-0.3, -0.25) is 9.59 Å². The van der Waals surface area contributed by atoms with E-state index in [4.69, 9.17) is 11.5 Å². The van der Waals surface area contributed by atoms with Crippen LogP contribution >= 0.6 is 11.8 Å². The van der Waals surface area contributed by atoms with Crippen LogP contribution < -0.4 is 16.8 Å². The molecule has 2 aromatic rings. The summed E-state index contributed by atoms with van der Waals surface area (Å²) in [7, 11) is 0. The zero-order chi connectivity index (χ0) is 23.2. The second kappa shape index (κ2) is 11.3. The van der Waals surface area contributed by atoms with Crippen LogP contribution in [-0.4, -0.2) is 34.0 Å². The van der Waals surface area contributed by atoms with Crippen molar-refractivity contribution in [2.75, 3.05) is 17.3 Å². The number of ketones is 1. The molecular formula is C20H23F3N6O2S. The van der Waals surface area contributed by atoms with Crippen LogP contribution in [0.5, 0.6) is 0 Å². The molecular weight excluding hydrogens is 445 g/mol. The average Bonchev–Trinajstić information content (AvgIpc) is 2.69. The van der Waals surface area contributed by atoms with Crippen molar-refractivity contribution in [3.05, 3.63) is 41.0 Å². The predicted octanol–water partition coefficient (Wildman–Crippen LogP) is 3.17. The van der Waals surface area contributed by atoms with E-state index in [9.17, 15) is 28.0 Å². The maximum absolute atomic E-state index is 12.9. The molecule has 12 heteroatoms. The summed E-state index contributed by atoms with van der Waals surface area (Å²) in [6.07, 6.45) is -3.41. The lowest BCUT2D eigenvalue weighted by molar-refractivity contribution is -0.137. The number of halogens is 3. The lowest BCUT2D eigenvalue weighted by Crippen LogP contribution is -2.33. The van der Waals surface area contributed by atoms with Crippen molar-refractivity contribution in [2.24, 2.45) is 5.73 Å². The molecule has 8 nitrogen and oxygen atoms in total. The fourth-order valence-corrected chi connectivity index (χ4v) is 3.29. The molecule has 1 amide bonds. The van der Waals surface area contributed by atoms with Crippen LogP contribution in [0.3, 0.4) is 0 Å². The minimum absolute atomic E-state index is 0. The van der Waals surface area contributed by atoms with Crippen LogP contribution in [0.25, 0.3) is 0 Å². The Morgan fingerprint density at radius 2 is 2.00 bits per heavy atom. The molecule has 1 atom stereocenters. The smallest absolute Gasteiger partial charge is 0.370 e. The Labute approximate surface area is 187 Å². The SMILES string of the molecule is C.CSc1nc(N)nc(N[C@@H](CCC(N)=O)C(=O)Cc2cccc(C(F)(F)F)c2)c1C#N. The van der Waals surface area contributed by atoms with Gasteiger partial charge < -0.3 is 16.8 Å². The number of thioether (sulfide) groups is 1. The quantitative estimate of drug-likeness (QED) is 0.375. The number of anilines is 2. The zero-order valence-corrected chi connectivity index (χ0v) is 17.2. The number of Topliss-reactive ketones (excluding diaryl/α,β-unsaturated/α-hetero) is 1. The first-order valence-corrected chi connectivity index (χ1v) is 10.1. The molecule has 1 aromatic carbocycles. The Hall–Kier alpha value is -3.33. The van der Waals surface area contributed by atoms with Gasteiger partial charge in [-0.25, -0.2) is 4.98 Å². The van der Waals surface area contributed by atoms with Crippen molar-refractivity contribution >= 4 is 35.2 Å². The van der Waals surface area contributed by atoms with Crippen molar-refractivity contribution in [1.82, 2.24) is 9.97 Å². The number of nitriles is 1. The van der Waals surface area contributed by atoms with Crippen LogP contribution in [0.4, 0.5) is 24.9 Å². The van der Waals surface area contributed by atoms with Gasteiger partial charge in [0, 0.05) is 12.8 Å². The number of nitrogen functional groups attached to an aromatic ring is 1. The van der Waals surface area contributed by atoms with Gasteiger partial charge in [0.15, 0.2) is 11.6 Å². The van der Waals surface area contributed by atoms with Gasteiger partial charge in [-0.1, -0.05) is 25.6 Å². The van der Waals surface area contributed by atoms with Crippen molar-refractivity contribution < 1.29 is 22.8 Å². The topological polar surface area (TPSA) is 148 Å². The van der Waals surface area contributed by atoms with Crippen LogP contribution in [0.1, 0.15) is 37.0 Å². The molecule has 0 saturated carbocycles. The van der Waals surface area contributed by atoms with E-state index < -0.39 is 29.5 Å². The third kappa shape index (κ3) is 7.12. The molecule has 2 rings (SSSR count). The standard InChI is InChI=1S/C19H19F3N6O2S.CH4/c1-31-17-12(9-23)16(27-18(25)28-17)26-13(5-6-15(24)30)14(29)8-10-3-2-4-11(7-10)19(20,21)22;/h2-4,7,13H,5-6,8H2,1H3,(H2,24,30)(H3,25,26,27,28);1H4/t13-;/m0./s1. The molecule has 172 valence electrons.